The van der Waals surface area contributed by atoms with Crippen molar-refractivity contribution in [2.45, 2.75) is 46.0 Å². The predicted molar refractivity (Wildman–Crippen MR) is 161 cm³/mol. The molecule has 1 unspecified atom stereocenters. The predicted octanol–water partition coefficient (Wildman–Crippen LogP) is 7.12. The zero-order valence-corrected chi connectivity index (χ0v) is 23.7. The van der Waals surface area contributed by atoms with E-state index in [1.54, 1.807) is 6.92 Å². The minimum Gasteiger partial charge on any atom is -0.462 e. The van der Waals surface area contributed by atoms with Crippen molar-refractivity contribution in [1.29, 1.82) is 0 Å². The monoisotopic (exact) mass is 540 g/mol. The van der Waals surface area contributed by atoms with Crippen molar-refractivity contribution in [2.24, 2.45) is 5.92 Å². The van der Waals surface area contributed by atoms with Gasteiger partial charge in [0.1, 0.15) is 0 Å². The van der Waals surface area contributed by atoms with Gasteiger partial charge in [-0.05, 0) is 59.6 Å². The third-order valence-corrected chi connectivity index (χ3v) is 6.78. The number of hydrogen-bond donors (Lipinski definition) is 1. The standard InChI is InChI=1S/C35H40O5/c1-5-6-7-8-27-9-13-30(14-10-27)32-17-19-33(20-18-32)31-15-11-28(12-16-31)21-29(23-39-34(37)25(2)3)24-40-35(38)26(4)22-36/h9-20,29,36H,2,4-8,21-24H2,1,3H3. The number of carbonyl (C=O) groups is 2. The number of aliphatic hydroxyl groups is 1. The fourth-order valence-corrected chi connectivity index (χ4v) is 4.31. The first-order valence-corrected chi connectivity index (χ1v) is 13.9. The first-order valence-electron chi connectivity index (χ1n) is 13.9. The van der Waals surface area contributed by atoms with Crippen molar-refractivity contribution in [3.8, 4) is 22.3 Å². The summed E-state index contributed by atoms with van der Waals surface area (Å²) in [7, 11) is 0. The maximum atomic E-state index is 12.0. The Morgan fingerprint density at radius 1 is 0.725 bits per heavy atom. The Balaban J connectivity index is 1.63. The van der Waals surface area contributed by atoms with Crippen LogP contribution in [0, 0.1) is 5.92 Å². The lowest BCUT2D eigenvalue weighted by molar-refractivity contribution is -0.144. The number of aryl methyl sites for hydroxylation is 1. The molecule has 0 aromatic heterocycles. The van der Waals surface area contributed by atoms with Gasteiger partial charge < -0.3 is 14.6 Å². The average molecular weight is 541 g/mol. The Kier molecular flexibility index (Phi) is 11.9. The molecule has 40 heavy (non-hydrogen) atoms. The van der Waals surface area contributed by atoms with Gasteiger partial charge in [0.2, 0.25) is 0 Å². The van der Waals surface area contributed by atoms with Gasteiger partial charge in [0.15, 0.2) is 0 Å². The molecule has 0 amide bonds. The van der Waals surface area contributed by atoms with E-state index in [2.05, 4.69) is 80.7 Å². The molecule has 0 spiro atoms. The Labute approximate surface area is 238 Å². The van der Waals surface area contributed by atoms with Gasteiger partial charge in [0, 0.05) is 11.5 Å². The number of unbranched alkanes of at least 4 members (excludes halogenated alkanes) is 2. The van der Waals surface area contributed by atoms with Crippen molar-refractivity contribution < 1.29 is 24.2 Å². The fraction of sp³-hybridized carbons (Fsp3) is 0.314. The van der Waals surface area contributed by atoms with Crippen LogP contribution in [0.15, 0.2) is 97.1 Å². The third-order valence-electron chi connectivity index (χ3n) is 6.78. The number of aliphatic hydroxyl groups excluding tert-OH is 1. The Morgan fingerprint density at radius 3 is 1.62 bits per heavy atom. The van der Waals surface area contributed by atoms with E-state index in [9.17, 15) is 9.59 Å². The van der Waals surface area contributed by atoms with E-state index in [0.29, 0.717) is 12.0 Å². The smallest absolute Gasteiger partial charge is 0.335 e. The molecule has 0 aliphatic heterocycles. The lowest BCUT2D eigenvalue weighted by atomic mass is 9.96. The van der Waals surface area contributed by atoms with E-state index < -0.39 is 18.5 Å². The number of esters is 2. The molecule has 3 aromatic rings. The van der Waals surface area contributed by atoms with Gasteiger partial charge in [0.05, 0.1) is 25.4 Å². The molecule has 0 radical (unpaired) electrons. The lowest BCUT2D eigenvalue weighted by Gasteiger charge is -2.18. The highest BCUT2D eigenvalue weighted by molar-refractivity contribution is 5.88. The summed E-state index contributed by atoms with van der Waals surface area (Å²) in [6.07, 6.45) is 5.42. The molecule has 5 heteroatoms. The zero-order chi connectivity index (χ0) is 28.9. The van der Waals surface area contributed by atoms with Crippen LogP contribution in [0.2, 0.25) is 0 Å². The lowest BCUT2D eigenvalue weighted by Crippen LogP contribution is -2.24. The Bertz CT molecular complexity index is 1270. The normalized spacial score (nSPS) is 11.5. The van der Waals surface area contributed by atoms with Gasteiger partial charge >= 0.3 is 11.9 Å². The second-order valence-electron chi connectivity index (χ2n) is 10.2. The second-order valence-corrected chi connectivity index (χ2v) is 10.2. The number of ether oxygens (including phenoxy) is 2. The van der Waals surface area contributed by atoms with Crippen LogP contribution in [0.1, 0.15) is 44.2 Å². The molecule has 0 heterocycles. The number of hydrogen-bond acceptors (Lipinski definition) is 5. The molecule has 210 valence electrons. The molecular formula is C35H40O5. The average Bonchev–Trinajstić information content (AvgIpc) is 2.98. The molecule has 1 atom stereocenters. The van der Waals surface area contributed by atoms with Crippen LogP contribution in [-0.4, -0.2) is 36.9 Å². The number of rotatable bonds is 15. The summed E-state index contributed by atoms with van der Waals surface area (Å²) in [4.78, 5) is 23.8. The van der Waals surface area contributed by atoms with Gasteiger partial charge in [-0.15, -0.1) is 0 Å². The van der Waals surface area contributed by atoms with Crippen LogP contribution >= 0.6 is 0 Å². The summed E-state index contributed by atoms with van der Waals surface area (Å²) in [5, 5.41) is 9.10. The molecule has 0 saturated heterocycles. The number of carbonyl (C=O) groups excluding carboxylic acids is 2. The molecule has 3 rings (SSSR count). The van der Waals surface area contributed by atoms with Crippen LogP contribution < -0.4 is 0 Å². The Hall–Kier alpha value is -3.96. The summed E-state index contributed by atoms with van der Waals surface area (Å²) < 4.78 is 10.6. The molecule has 0 bridgehead atoms. The molecule has 5 nitrogen and oxygen atoms in total. The first kappa shape index (κ1) is 30.6. The number of benzene rings is 3. The highest BCUT2D eigenvalue weighted by Crippen LogP contribution is 2.26. The topological polar surface area (TPSA) is 72.8 Å². The molecule has 0 aliphatic carbocycles. The molecular weight excluding hydrogens is 500 g/mol. The van der Waals surface area contributed by atoms with Crippen LogP contribution in [0.25, 0.3) is 22.3 Å². The van der Waals surface area contributed by atoms with Crippen LogP contribution in [0.5, 0.6) is 0 Å². The largest absolute Gasteiger partial charge is 0.462 e. The van der Waals surface area contributed by atoms with Crippen LogP contribution in [0.3, 0.4) is 0 Å². The summed E-state index contributed by atoms with van der Waals surface area (Å²) in [5.41, 5.74) is 7.31. The zero-order valence-electron chi connectivity index (χ0n) is 23.7. The third kappa shape index (κ3) is 9.35. The maximum Gasteiger partial charge on any atom is 0.335 e. The van der Waals surface area contributed by atoms with Crippen LogP contribution in [-0.2, 0) is 31.9 Å². The minimum absolute atomic E-state index is 0.0209. The quantitative estimate of drug-likeness (QED) is 0.126. The summed E-state index contributed by atoms with van der Waals surface area (Å²) in [6.45, 7) is 10.5. The first-order chi connectivity index (χ1) is 19.3. The molecule has 0 aliphatic rings. The van der Waals surface area contributed by atoms with E-state index in [1.807, 2.05) is 12.1 Å². The molecule has 3 aromatic carbocycles. The van der Waals surface area contributed by atoms with E-state index in [-0.39, 0.29) is 24.7 Å². The van der Waals surface area contributed by atoms with Gasteiger partial charge in [-0.1, -0.05) is 106 Å². The van der Waals surface area contributed by atoms with Crippen molar-refractivity contribution in [3.05, 3.63) is 108 Å². The van der Waals surface area contributed by atoms with Crippen molar-refractivity contribution in [2.75, 3.05) is 19.8 Å². The van der Waals surface area contributed by atoms with Crippen molar-refractivity contribution >= 4 is 11.9 Å². The van der Waals surface area contributed by atoms with Gasteiger partial charge in [0.25, 0.3) is 0 Å². The second kappa shape index (κ2) is 15.6. The van der Waals surface area contributed by atoms with E-state index in [0.717, 1.165) is 23.1 Å². The maximum absolute atomic E-state index is 12.0. The SMILES string of the molecule is C=C(C)C(=O)OCC(COC(=O)C(=C)CO)Cc1ccc(-c2ccc(-c3ccc(CCCCC)cc3)cc2)cc1. The van der Waals surface area contributed by atoms with Gasteiger partial charge in [-0.25, -0.2) is 9.59 Å². The van der Waals surface area contributed by atoms with Gasteiger partial charge in [-0.2, -0.15) is 0 Å². The molecule has 0 fully saturated rings. The fourth-order valence-electron chi connectivity index (χ4n) is 4.31. The summed E-state index contributed by atoms with van der Waals surface area (Å²) in [6, 6.07) is 25.6. The summed E-state index contributed by atoms with van der Waals surface area (Å²) in [5.74, 6) is -1.42. The molecule has 0 saturated carbocycles. The van der Waals surface area contributed by atoms with Crippen LogP contribution in [0.4, 0.5) is 0 Å². The highest BCUT2D eigenvalue weighted by atomic mass is 16.5. The minimum atomic E-state index is -0.666. The van der Waals surface area contributed by atoms with E-state index in [1.165, 1.54) is 36.0 Å². The Morgan fingerprint density at radius 2 is 1.18 bits per heavy atom. The van der Waals surface area contributed by atoms with Gasteiger partial charge in [-0.3, -0.25) is 0 Å². The van der Waals surface area contributed by atoms with Crippen molar-refractivity contribution in [1.82, 2.24) is 0 Å². The highest BCUT2D eigenvalue weighted by Gasteiger charge is 2.17. The molecule has 1 N–H and O–H groups in total. The van der Waals surface area contributed by atoms with Crippen molar-refractivity contribution in [3.63, 3.8) is 0 Å². The van der Waals surface area contributed by atoms with E-state index >= 15 is 0 Å². The summed E-state index contributed by atoms with van der Waals surface area (Å²) >= 11 is 0. The van der Waals surface area contributed by atoms with E-state index in [4.69, 9.17) is 14.6 Å².